The average Bonchev–Trinajstić information content (AvgIpc) is 2.81. The molecule has 5 nitrogen and oxygen atoms in total. The third-order valence-corrected chi connectivity index (χ3v) is 4.33. The second kappa shape index (κ2) is 6.94. The number of likely N-dealkylation sites (tertiary alicyclic amines) is 1. The molecule has 1 atom stereocenters. The second-order valence-electron chi connectivity index (χ2n) is 6.20. The van der Waals surface area contributed by atoms with Gasteiger partial charge in [-0.25, -0.2) is 0 Å². The van der Waals surface area contributed by atoms with Gasteiger partial charge in [-0.1, -0.05) is 32.1 Å². The molecule has 0 bridgehead atoms. The number of hydrogen-bond donors (Lipinski definition) is 1. The zero-order valence-electron chi connectivity index (χ0n) is 14.2. The van der Waals surface area contributed by atoms with Gasteiger partial charge in [-0.3, -0.25) is 19.7 Å². The fourth-order valence-corrected chi connectivity index (χ4v) is 3.14. The van der Waals surface area contributed by atoms with E-state index in [1.807, 2.05) is 32.1 Å². The highest BCUT2D eigenvalue weighted by Gasteiger charge is 2.41. The van der Waals surface area contributed by atoms with Gasteiger partial charge in [0.1, 0.15) is 6.04 Å². The summed E-state index contributed by atoms with van der Waals surface area (Å²) in [6.45, 7) is 8.36. The van der Waals surface area contributed by atoms with E-state index in [9.17, 15) is 14.4 Å². The van der Waals surface area contributed by atoms with E-state index in [0.717, 1.165) is 11.1 Å². The fourth-order valence-electron chi connectivity index (χ4n) is 3.14. The molecule has 2 aliphatic rings. The molecule has 0 aromatic carbocycles. The van der Waals surface area contributed by atoms with Crippen molar-refractivity contribution >= 4 is 17.7 Å². The van der Waals surface area contributed by atoms with Crippen LogP contribution < -0.4 is 5.32 Å². The highest BCUT2D eigenvalue weighted by Crippen LogP contribution is 2.33. The number of carbonyl (C=O) groups excluding carboxylic acids is 3. The molecule has 2 rings (SSSR count). The Labute approximate surface area is 137 Å². The van der Waals surface area contributed by atoms with Crippen molar-refractivity contribution in [2.75, 3.05) is 6.54 Å². The Bertz CT molecular complexity index is 626. The van der Waals surface area contributed by atoms with Gasteiger partial charge in [-0.2, -0.15) is 0 Å². The van der Waals surface area contributed by atoms with Crippen LogP contribution in [0.4, 0.5) is 0 Å². The molecule has 1 unspecified atom stereocenters. The largest absolute Gasteiger partial charge is 0.322 e. The van der Waals surface area contributed by atoms with E-state index in [2.05, 4.69) is 19.2 Å². The maximum absolute atomic E-state index is 13.0. The van der Waals surface area contributed by atoms with Crippen molar-refractivity contribution in [3.8, 4) is 0 Å². The van der Waals surface area contributed by atoms with Gasteiger partial charge in [0.2, 0.25) is 11.8 Å². The first-order chi connectivity index (χ1) is 10.9. The summed E-state index contributed by atoms with van der Waals surface area (Å²) in [4.78, 5) is 38.0. The molecule has 23 heavy (non-hydrogen) atoms. The van der Waals surface area contributed by atoms with Crippen molar-refractivity contribution in [2.45, 2.75) is 46.6 Å². The molecule has 124 valence electrons. The second-order valence-corrected chi connectivity index (χ2v) is 6.20. The summed E-state index contributed by atoms with van der Waals surface area (Å²) in [5, 5.41) is 2.33. The van der Waals surface area contributed by atoms with Crippen molar-refractivity contribution in [2.24, 2.45) is 5.92 Å². The predicted molar refractivity (Wildman–Crippen MR) is 88.3 cm³/mol. The van der Waals surface area contributed by atoms with Crippen LogP contribution in [0.25, 0.3) is 0 Å². The van der Waals surface area contributed by atoms with Gasteiger partial charge >= 0.3 is 0 Å². The van der Waals surface area contributed by atoms with E-state index >= 15 is 0 Å². The lowest BCUT2D eigenvalue weighted by molar-refractivity contribution is -0.142. The van der Waals surface area contributed by atoms with E-state index in [1.165, 1.54) is 0 Å². The minimum absolute atomic E-state index is 0.116. The third kappa shape index (κ3) is 3.28. The topological polar surface area (TPSA) is 66.5 Å². The normalized spacial score (nSPS) is 26.7. The monoisotopic (exact) mass is 316 g/mol. The zero-order chi connectivity index (χ0) is 17.1. The standard InChI is InChI=1S/C18H24N2O3/c1-5-7-13(11(3)4)16-12(6-2)10-20(18(16)23)14-8-9-15(21)19-17(14)22/h5-7,11,14H,8-10H2,1-4H3,(H,19,21,22)/b7-5-,12-6-,16-13-. The van der Waals surface area contributed by atoms with Crippen LogP contribution in [0.2, 0.25) is 0 Å². The summed E-state index contributed by atoms with van der Waals surface area (Å²) in [7, 11) is 0. The van der Waals surface area contributed by atoms with Crippen molar-refractivity contribution < 1.29 is 14.4 Å². The number of imide groups is 1. The van der Waals surface area contributed by atoms with E-state index < -0.39 is 6.04 Å². The number of piperidine rings is 1. The Kier molecular flexibility index (Phi) is 5.19. The Morgan fingerprint density at radius 3 is 2.48 bits per heavy atom. The Morgan fingerprint density at radius 1 is 1.26 bits per heavy atom. The zero-order valence-corrected chi connectivity index (χ0v) is 14.2. The van der Waals surface area contributed by atoms with Gasteiger partial charge in [0, 0.05) is 18.5 Å². The lowest BCUT2D eigenvalue weighted by Crippen LogP contribution is -2.52. The maximum Gasteiger partial charge on any atom is 0.255 e. The molecule has 5 heteroatoms. The highest BCUT2D eigenvalue weighted by molar-refractivity contribution is 6.07. The first-order valence-corrected chi connectivity index (χ1v) is 8.07. The predicted octanol–water partition coefficient (Wildman–Crippen LogP) is 2.11. The average molecular weight is 316 g/mol. The van der Waals surface area contributed by atoms with Crippen molar-refractivity contribution in [3.63, 3.8) is 0 Å². The summed E-state index contributed by atoms with van der Waals surface area (Å²) in [6.07, 6.45) is 6.50. The van der Waals surface area contributed by atoms with Gasteiger partial charge in [0.05, 0.1) is 0 Å². The van der Waals surface area contributed by atoms with E-state index in [1.54, 1.807) is 4.90 Å². The molecule has 2 saturated heterocycles. The lowest BCUT2D eigenvalue weighted by atomic mass is 9.93. The number of nitrogens with one attached hydrogen (secondary N) is 1. The summed E-state index contributed by atoms with van der Waals surface area (Å²) in [5.74, 6) is -0.545. The van der Waals surface area contributed by atoms with Crippen LogP contribution in [0.1, 0.15) is 40.5 Å². The molecule has 0 saturated carbocycles. The number of amides is 3. The molecule has 0 aromatic heterocycles. The molecule has 3 amide bonds. The third-order valence-electron chi connectivity index (χ3n) is 4.33. The SMILES string of the molecule is C\C=C/C(=C1/C(=O)N(C2CCC(=O)NC2=O)C/C1=C/C)C(C)C. The number of rotatable bonds is 3. The van der Waals surface area contributed by atoms with Crippen LogP contribution in [0.3, 0.4) is 0 Å². The van der Waals surface area contributed by atoms with Crippen molar-refractivity contribution in [3.05, 3.63) is 34.9 Å². The molecular weight excluding hydrogens is 292 g/mol. The van der Waals surface area contributed by atoms with Crippen LogP contribution in [-0.4, -0.2) is 35.2 Å². The van der Waals surface area contributed by atoms with Gasteiger partial charge in [-0.05, 0) is 37.3 Å². The smallest absolute Gasteiger partial charge is 0.255 e. The molecule has 2 heterocycles. The van der Waals surface area contributed by atoms with Crippen molar-refractivity contribution in [1.29, 1.82) is 0 Å². The summed E-state index contributed by atoms with van der Waals surface area (Å²) in [5.41, 5.74) is 2.63. The van der Waals surface area contributed by atoms with Gasteiger partial charge in [0.25, 0.3) is 5.91 Å². The Hall–Kier alpha value is -2.17. The maximum atomic E-state index is 13.0. The number of allylic oxidation sites excluding steroid dienone is 4. The summed E-state index contributed by atoms with van der Waals surface area (Å²) in [6, 6.07) is -0.563. The minimum atomic E-state index is -0.563. The Morgan fingerprint density at radius 2 is 1.96 bits per heavy atom. The van der Waals surface area contributed by atoms with Crippen LogP contribution in [0.5, 0.6) is 0 Å². The van der Waals surface area contributed by atoms with E-state index in [-0.39, 0.29) is 30.1 Å². The molecule has 0 spiro atoms. The Balaban J connectivity index is 2.41. The summed E-state index contributed by atoms with van der Waals surface area (Å²) < 4.78 is 0. The van der Waals surface area contributed by atoms with Crippen molar-refractivity contribution in [1.82, 2.24) is 10.2 Å². The molecule has 2 aliphatic heterocycles. The lowest BCUT2D eigenvalue weighted by Gasteiger charge is -2.29. The first-order valence-electron chi connectivity index (χ1n) is 8.07. The first kappa shape index (κ1) is 17.2. The molecule has 0 radical (unpaired) electrons. The van der Waals surface area contributed by atoms with Gasteiger partial charge in [-0.15, -0.1) is 0 Å². The number of carbonyl (C=O) groups is 3. The molecular formula is C18H24N2O3. The van der Waals surface area contributed by atoms with Crippen LogP contribution in [0, 0.1) is 5.92 Å². The molecule has 0 aromatic rings. The van der Waals surface area contributed by atoms with Gasteiger partial charge < -0.3 is 4.90 Å². The van der Waals surface area contributed by atoms with E-state index in [0.29, 0.717) is 18.5 Å². The number of nitrogens with zero attached hydrogens (tertiary/aromatic N) is 1. The number of hydrogen-bond acceptors (Lipinski definition) is 3. The summed E-state index contributed by atoms with van der Waals surface area (Å²) >= 11 is 0. The van der Waals surface area contributed by atoms with Crippen LogP contribution in [-0.2, 0) is 14.4 Å². The van der Waals surface area contributed by atoms with Crippen LogP contribution >= 0.6 is 0 Å². The van der Waals surface area contributed by atoms with Crippen LogP contribution in [0.15, 0.2) is 34.9 Å². The molecule has 0 aliphatic carbocycles. The quantitative estimate of drug-likeness (QED) is 0.640. The fraction of sp³-hybridized carbons (Fsp3) is 0.500. The highest BCUT2D eigenvalue weighted by atomic mass is 16.2. The molecule has 2 fully saturated rings. The van der Waals surface area contributed by atoms with Gasteiger partial charge in [0.15, 0.2) is 0 Å². The van der Waals surface area contributed by atoms with E-state index in [4.69, 9.17) is 0 Å². The minimum Gasteiger partial charge on any atom is -0.322 e. The molecule has 1 N–H and O–H groups in total.